The van der Waals surface area contributed by atoms with Crippen molar-refractivity contribution in [2.24, 2.45) is 0 Å². The molecule has 3 rings (SSSR count). The molecule has 5 nitrogen and oxygen atoms in total. The normalized spacial score (nSPS) is 17.1. The van der Waals surface area contributed by atoms with E-state index in [1.54, 1.807) is 7.11 Å². The molecule has 21 heavy (non-hydrogen) atoms. The summed E-state index contributed by atoms with van der Waals surface area (Å²) in [5.74, 6) is 1.38. The number of hydrogen-bond donors (Lipinski definition) is 0. The number of aromatic nitrogens is 2. The van der Waals surface area contributed by atoms with E-state index in [0.717, 1.165) is 36.8 Å². The maximum absolute atomic E-state index is 6.12. The summed E-state index contributed by atoms with van der Waals surface area (Å²) in [6, 6.07) is 3.71. The molecule has 1 saturated heterocycles. The SMILES string of the molecule is COc1cc2c(Cl)ncnc2cc1OC1CCN(C)CC1. The molecule has 1 aliphatic heterocycles. The van der Waals surface area contributed by atoms with Crippen molar-refractivity contribution in [1.82, 2.24) is 14.9 Å². The molecule has 0 amide bonds. The first-order valence-corrected chi connectivity index (χ1v) is 7.38. The van der Waals surface area contributed by atoms with E-state index in [9.17, 15) is 0 Å². The Balaban J connectivity index is 1.90. The lowest BCUT2D eigenvalue weighted by Gasteiger charge is -2.29. The Morgan fingerprint density at radius 2 is 1.95 bits per heavy atom. The molecular formula is C15H18ClN3O2. The van der Waals surface area contributed by atoms with E-state index >= 15 is 0 Å². The third-order valence-electron chi connectivity index (χ3n) is 3.83. The monoisotopic (exact) mass is 307 g/mol. The highest BCUT2D eigenvalue weighted by atomic mass is 35.5. The zero-order valence-corrected chi connectivity index (χ0v) is 12.9. The third kappa shape index (κ3) is 3.04. The molecule has 2 aromatic rings. The number of ether oxygens (including phenoxy) is 2. The van der Waals surface area contributed by atoms with Gasteiger partial charge in [0, 0.05) is 24.5 Å². The average Bonchev–Trinajstić information content (AvgIpc) is 2.49. The zero-order chi connectivity index (χ0) is 14.8. The van der Waals surface area contributed by atoms with Crippen LogP contribution in [0.25, 0.3) is 10.9 Å². The van der Waals surface area contributed by atoms with Crippen molar-refractivity contribution in [1.29, 1.82) is 0 Å². The van der Waals surface area contributed by atoms with Crippen LogP contribution in [0.4, 0.5) is 0 Å². The molecule has 1 fully saturated rings. The van der Waals surface area contributed by atoms with E-state index in [4.69, 9.17) is 21.1 Å². The number of methoxy groups -OCH3 is 1. The molecular weight excluding hydrogens is 290 g/mol. The molecule has 0 N–H and O–H groups in total. The van der Waals surface area contributed by atoms with Gasteiger partial charge in [-0.05, 0) is 26.0 Å². The molecule has 112 valence electrons. The number of halogens is 1. The maximum atomic E-state index is 6.12. The summed E-state index contributed by atoms with van der Waals surface area (Å²) >= 11 is 6.09. The topological polar surface area (TPSA) is 47.5 Å². The second-order valence-corrected chi connectivity index (χ2v) is 5.66. The Kier molecular flexibility index (Phi) is 4.12. The van der Waals surface area contributed by atoms with Crippen LogP contribution in [0.3, 0.4) is 0 Å². The molecule has 1 aromatic carbocycles. The number of fused-ring (bicyclic) bond motifs is 1. The fourth-order valence-corrected chi connectivity index (χ4v) is 2.76. The number of nitrogens with zero attached hydrogens (tertiary/aromatic N) is 3. The van der Waals surface area contributed by atoms with Gasteiger partial charge in [0.2, 0.25) is 0 Å². The van der Waals surface area contributed by atoms with Crippen molar-refractivity contribution in [2.75, 3.05) is 27.2 Å². The van der Waals surface area contributed by atoms with Crippen molar-refractivity contribution in [3.05, 3.63) is 23.6 Å². The Labute approximate surface area is 128 Å². The van der Waals surface area contributed by atoms with Gasteiger partial charge in [0.05, 0.1) is 12.6 Å². The fraction of sp³-hybridized carbons (Fsp3) is 0.467. The molecule has 0 radical (unpaired) electrons. The van der Waals surface area contributed by atoms with Crippen LogP contribution in [0.5, 0.6) is 11.5 Å². The van der Waals surface area contributed by atoms with Crippen molar-refractivity contribution in [2.45, 2.75) is 18.9 Å². The minimum absolute atomic E-state index is 0.213. The van der Waals surface area contributed by atoms with Crippen LogP contribution in [-0.4, -0.2) is 48.2 Å². The number of rotatable bonds is 3. The molecule has 0 spiro atoms. The van der Waals surface area contributed by atoms with Crippen molar-refractivity contribution in [3.8, 4) is 11.5 Å². The molecule has 0 unspecified atom stereocenters. The van der Waals surface area contributed by atoms with Crippen LogP contribution in [0.2, 0.25) is 5.15 Å². The van der Waals surface area contributed by atoms with Gasteiger partial charge >= 0.3 is 0 Å². The molecule has 0 saturated carbocycles. The molecule has 0 bridgehead atoms. The Hall–Kier alpha value is -1.59. The van der Waals surface area contributed by atoms with Gasteiger partial charge in [-0.15, -0.1) is 0 Å². The zero-order valence-electron chi connectivity index (χ0n) is 12.2. The van der Waals surface area contributed by atoms with E-state index in [2.05, 4.69) is 21.9 Å². The first-order chi connectivity index (χ1) is 10.2. The van der Waals surface area contributed by atoms with Crippen LogP contribution in [-0.2, 0) is 0 Å². The highest BCUT2D eigenvalue weighted by Crippen LogP contribution is 2.35. The predicted molar refractivity (Wildman–Crippen MR) is 82.2 cm³/mol. The first kappa shape index (κ1) is 14.4. The van der Waals surface area contributed by atoms with E-state index in [1.165, 1.54) is 6.33 Å². The minimum atomic E-state index is 0.213. The Morgan fingerprint density at radius 3 is 2.67 bits per heavy atom. The number of likely N-dealkylation sites (tertiary alicyclic amines) is 1. The predicted octanol–water partition coefficient (Wildman–Crippen LogP) is 2.76. The lowest BCUT2D eigenvalue weighted by Crippen LogP contribution is -2.35. The van der Waals surface area contributed by atoms with E-state index in [-0.39, 0.29) is 6.10 Å². The molecule has 0 atom stereocenters. The van der Waals surface area contributed by atoms with Crippen molar-refractivity contribution < 1.29 is 9.47 Å². The van der Waals surface area contributed by atoms with Gasteiger partial charge in [0.1, 0.15) is 17.6 Å². The largest absolute Gasteiger partial charge is 0.493 e. The van der Waals surface area contributed by atoms with Crippen molar-refractivity contribution in [3.63, 3.8) is 0 Å². The number of piperidine rings is 1. The van der Waals surface area contributed by atoms with Crippen LogP contribution in [0.1, 0.15) is 12.8 Å². The van der Waals surface area contributed by atoms with Gasteiger partial charge in [-0.3, -0.25) is 0 Å². The van der Waals surface area contributed by atoms with Gasteiger partial charge in [-0.1, -0.05) is 11.6 Å². The summed E-state index contributed by atoms with van der Waals surface area (Å²) in [6.07, 6.45) is 3.70. The third-order valence-corrected chi connectivity index (χ3v) is 4.13. The maximum Gasteiger partial charge on any atom is 0.163 e. The van der Waals surface area contributed by atoms with Gasteiger partial charge in [-0.2, -0.15) is 0 Å². The number of hydrogen-bond acceptors (Lipinski definition) is 5. The quantitative estimate of drug-likeness (QED) is 0.816. The van der Waals surface area contributed by atoms with Gasteiger partial charge in [0.15, 0.2) is 11.5 Å². The molecule has 1 aromatic heterocycles. The Morgan fingerprint density at radius 1 is 1.19 bits per heavy atom. The van der Waals surface area contributed by atoms with E-state index < -0.39 is 0 Å². The summed E-state index contributed by atoms with van der Waals surface area (Å²) in [5.41, 5.74) is 0.763. The second-order valence-electron chi connectivity index (χ2n) is 5.31. The minimum Gasteiger partial charge on any atom is -0.493 e. The molecule has 2 heterocycles. The van der Waals surface area contributed by atoms with Crippen LogP contribution in [0.15, 0.2) is 18.5 Å². The average molecular weight is 308 g/mol. The molecule has 1 aliphatic rings. The summed E-state index contributed by atoms with van der Waals surface area (Å²) < 4.78 is 11.5. The lowest BCUT2D eigenvalue weighted by molar-refractivity contribution is 0.111. The van der Waals surface area contributed by atoms with Gasteiger partial charge < -0.3 is 14.4 Å². The van der Waals surface area contributed by atoms with E-state index in [0.29, 0.717) is 16.7 Å². The Bertz CT molecular complexity index is 642. The molecule has 6 heteroatoms. The van der Waals surface area contributed by atoms with Gasteiger partial charge in [-0.25, -0.2) is 9.97 Å². The molecule has 0 aliphatic carbocycles. The lowest BCUT2D eigenvalue weighted by atomic mass is 10.1. The van der Waals surface area contributed by atoms with Crippen LogP contribution in [0, 0.1) is 0 Å². The van der Waals surface area contributed by atoms with Crippen LogP contribution < -0.4 is 9.47 Å². The first-order valence-electron chi connectivity index (χ1n) is 7.01. The van der Waals surface area contributed by atoms with E-state index in [1.807, 2.05) is 12.1 Å². The summed E-state index contributed by atoms with van der Waals surface area (Å²) in [4.78, 5) is 10.5. The fourth-order valence-electron chi connectivity index (χ4n) is 2.57. The number of benzene rings is 1. The van der Waals surface area contributed by atoms with Gasteiger partial charge in [0.25, 0.3) is 0 Å². The summed E-state index contributed by atoms with van der Waals surface area (Å²) in [7, 11) is 3.76. The standard InChI is InChI=1S/C15H18ClN3O2/c1-19-5-3-10(4-6-19)21-14-8-12-11(7-13(14)20-2)15(16)18-9-17-12/h7-10H,3-6H2,1-2H3. The second kappa shape index (κ2) is 6.03. The van der Waals surface area contributed by atoms with Crippen LogP contribution >= 0.6 is 11.6 Å². The highest BCUT2D eigenvalue weighted by Gasteiger charge is 2.20. The smallest absolute Gasteiger partial charge is 0.163 e. The summed E-state index contributed by atoms with van der Waals surface area (Å²) in [5, 5.41) is 1.19. The van der Waals surface area contributed by atoms with Crippen molar-refractivity contribution >= 4 is 22.5 Å². The highest BCUT2D eigenvalue weighted by molar-refractivity contribution is 6.34. The summed E-state index contributed by atoms with van der Waals surface area (Å²) in [6.45, 7) is 2.10.